The van der Waals surface area contributed by atoms with Gasteiger partial charge < -0.3 is 10.1 Å². The zero-order chi connectivity index (χ0) is 13.7. The first-order valence-corrected chi connectivity index (χ1v) is 8.04. The lowest BCUT2D eigenvalue weighted by atomic mass is 9.77. The van der Waals surface area contributed by atoms with Gasteiger partial charge in [0.2, 0.25) is 0 Å². The number of likely N-dealkylation sites (N-methyl/N-ethyl adjacent to an activating group) is 1. The van der Waals surface area contributed by atoms with Gasteiger partial charge in [-0.25, -0.2) is 0 Å². The van der Waals surface area contributed by atoms with E-state index in [2.05, 4.69) is 59.5 Å². The van der Waals surface area contributed by atoms with Crippen LogP contribution in [0.15, 0.2) is 28.7 Å². The summed E-state index contributed by atoms with van der Waals surface area (Å²) in [7, 11) is 2.07. The largest absolute Gasteiger partial charge is 0.378 e. The molecule has 0 aromatic heterocycles. The van der Waals surface area contributed by atoms with E-state index in [9.17, 15) is 0 Å². The van der Waals surface area contributed by atoms with Gasteiger partial charge in [-0.3, -0.25) is 0 Å². The maximum atomic E-state index is 5.63. The summed E-state index contributed by atoms with van der Waals surface area (Å²) in [5.41, 5.74) is 1.39. The quantitative estimate of drug-likeness (QED) is 0.823. The van der Waals surface area contributed by atoms with Crippen molar-refractivity contribution in [1.29, 1.82) is 0 Å². The third-order valence-corrected chi connectivity index (χ3v) is 4.82. The van der Waals surface area contributed by atoms with Crippen molar-refractivity contribution in [2.75, 3.05) is 13.7 Å². The van der Waals surface area contributed by atoms with E-state index >= 15 is 0 Å². The molecule has 1 saturated carbocycles. The first-order chi connectivity index (χ1) is 9.22. The highest BCUT2D eigenvalue weighted by Crippen LogP contribution is 2.34. The Bertz CT molecular complexity index is 390. The number of rotatable bonds is 7. The van der Waals surface area contributed by atoms with Gasteiger partial charge >= 0.3 is 0 Å². The zero-order valence-electron chi connectivity index (χ0n) is 11.9. The van der Waals surface area contributed by atoms with Crippen LogP contribution in [0.5, 0.6) is 0 Å². The van der Waals surface area contributed by atoms with Crippen molar-refractivity contribution in [2.45, 2.75) is 44.8 Å². The lowest BCUT2D eigenvalue weighted by Gasteiger charge is -2.37. The molecular formula is C16H24BrNO. The molecule has 0 heterocycles. The van der Waals surface area contributed by atoms with Gasteiger partial charge in [0.15, 0.2) is 0 Å². The van der Waals surface area contributed by atoms with Gasteiger partial charge in [-0.2, -0.15) is 0 Å². The first kappa shape index (κ1) is 15.0. The number of halogens is 1. The third kappa shape index (κ3) is 4.30. The number of hydrogen-bond acceptors (Lipinski definition) is 2. The molecule has 1 aliphatic rings. The van der Waals surface area contributed by atoms with E-state index in [-0.39, 0.29) is 0 Å². The Labute approximate surface area is 125 Å². The summed E-state index contributed by atoms with van der Waals surface area (Å²) in [6, 6.07) is 9.07. The molecule has 0 amide bonds. The predicted molar refractivity (Wildman–Crippen MR) is 83.4 cm³/mol. The highest BCUT2D eigenvalue weighted by molar-refractivity contribution is 9.10. The molecule has 1 fully saturated rings. The van der Waals surface area contributed by atoms with Crippen LogP contribution in [0.1, 0.15) is 31.7 Å². The molecule has 1 N–H and O–H groups in total. The Morgan fingerprint density at radius 2 is 2.11 bits per heavy atom. The molecule has 1 atom stereocenters. The predicted octanol–water partition coefficient (Wildman–Crippen LogP) is 3.78. The third-order valence-electron chi connectivity index (χ3n) is 4.05. The van der Waals surface area contributed by atoms with Gasteiger partial charge in [-0.05, 0) is 57.2 Å². The van der Waals surface area contributed by atoms with Gasteiger partial charge in [0.1, 0.15) is 0 Å². The van der Waals surface area contributed by atoms with Crippen LogP contribution < -0.4 is 5.32 Å². The number of hydrogen-bond donors (Lipinski definition) is 1. The molecule has 0 spiro atoms. The van der Waals surface area contributed by atoms with Crippen LogP contribution in [0.4, 0.5) is 0 Å². The van der Waals surface area contributed by atoms with Crippen molar-refractivity contribution in [1.82, 2.24) is 5.32 Å². The summed E-state index contributed by atoms with van der Waals surface area (Å²) in [5, 5.41) is 3.46. The van der Waals surface area contributed by atoms with Crippen molar-refractivity contribution in [3.05, 3.63) is 34.3 Å². The zero-order valence-corrected chi connectivity index (χ0v) is 13.4. The molecule has 1 aromatic rings. The first-order valence-electron chi connectivity index (χ1n) is 7.25. The van der Waals surface area contributed by atoms with E-state index in [4.69, 9.17) is 4.74 Å². The second kappa shape index (κ2) is 7.41. The highest BCUT2D eigenvalue weighted by Gasteiger charge is 2.31. The Balaban J connectivity index is 1.80. The van der Waals surface area contributed by atoms with Crippen molar-refractivity contribution >= 4 is 15.9 Å². The summed E-state index contributed by atoms with van der Waals surface area (Å²) in [6.45, 7) is 2.93. The van der Waals surface area contributed by atoms with Gasteiger partial charge in [0.05, 0.1) is 6.10 Å². The van der Waals surface area contributed by atoms with Crippen LogP contribution in [-0.4, -0.2) is 25.8 Å². The minimum atomic E-state index is 0.524. The average Bonchev–Trinajstić information content (AvgIpc) is 2.37. The van der Waals surface area contributed by atoms with E-state index < -0.39 is 0 Å². The molecule has 106 valence electrons. The topological polar surface area (TPSA) is 21.3 Å². The standard InChI is InChI=1S/C16H24BrNO/c1-3-19-15-9-12(10-15)8-14(18-2)11-13-6-4-5-7-16(13)17/h4-7,12,14-15,18H,3,8-11H2,1-2H3. The molecule has 2 nitrogen and oxygen atoms in total. The van der Waals surface area contributed by atoms with Crippen LogP contribution in [0, 0.1) is 5.92 Å². The maximum absolute atomic E-state index is 5.63. The molecule has 0 radical (unpaired) electrons. The van der Waals surface area contributed by atoms with Crippen molar-refractivity contribution in [2.24, 2.45) is 5.92 Å². The lowest BCUT2D eigenvalue weighted by molar-refractivity contribution is -0.0288. The normalized spacial score (nSPS) is 23.9. The summed E-state index contributed by atoms with van der Waals surface area (Å²) >= 11 is 3.63. The second-order valence-electron chi connectivity index (χ2n) is 5.43. The fraction of sp³-hybridized carbons (Fsp3) is 0.625. The van der Waals surface area contributed by atoms with Crippen LogP contribution in [0.3, 0.4) is 0 Å². The lowest BCUT2D eigenvalue weighted by Crippen LogP contribution is -2.38. The number of nitrogens with one attached hydrogen (secondary N) is 1. The SMILES string of the molecule is CCOC1CC(CC(Cc2ccccc2Br)NC)C1. The van der Waals surface area contributed by atoms with Gasteiger partial charge in [0, 0.05) is 17.1 Å². The summed E-state index contributed by atoms with van der Waals surface area (Å²) < 4.78 is 6.85. The molecule has 19 heavy (non-hydrogen) atoms. The summed E-state index contributed by atoms with van der Waals surface area (Å²) in [4.78, 5) is 0. The second-order valence-corrected chi connectivity index (χ2v) is 6.29. The van der Waals surface area contributed by atoms with E-state index in [1.165, 1.54) is 29.3 Å². The molecule has 3 heteroatoms. The van der Waals surface area contributed by atoms with Gasteiger partial charge in [-0.1, -0.05) is 34.1 Å². The number of ether oxygens (including phenoxy) is 1. The Morgan fingerprint density at radius 1 is 1.37 bits per heavy atom. The molecule has 0 bridgehead atoms. The van der Waals surface area contributed by atoms with Crippen LogP contribution in [-0.2, 0) is 11.2 Å². The van der Waals surface area contributed by atoms with Crippen LogP contribution in [0.2, 0.25) is 0 Å². The maximum Gasteiger partial charge on any atom is 0.0580 e. The Kier molecular flexibility index (Phi) is 5.86. The minimum Gasteiger partial charge on any atom is -0.378 e. The van der Waals surface area contributed by atoms with Crippen molar-refractivity contribution in [3.63, 3.8) is 0 Å². The monoisotopic (exact) mass is 325 g/mol. The molecule has 1 aliphatic carbocycles. The Morgan fingerprint density at radius 3 is 2.74 bits per heavy atom. The van der Waals surface area contributed by atoms with Crippen molar-refractivity contribution < 1.29 is 4.74 Å². The van der Waals surface area contributed by atoms with E-state index in [0.29, 0.717) is 12.1 Å². The van der Waals surface area contributed by atoms with E-state index in [0.717, 1.165) is 18.9 Å². The molecule has 1 aromatic carbocycles. The molecule has 1 unspecified atom stereocenters. The summed E-state index contributed by atoms with van der Waals surface area (Å²) in [5.74, 6) is 0.830. The molecule has 2 rings (SSSR count). The fourth-order valence-corrected chi connectivity index (χ4v) is 3.32. The van der Waals surface area contributed by atoms with Gasteiger partial charge in [-0.15, -0.1) is 0 Å². The smallest absolute Gasteiger partial charge is 0.0580 e. The molecular weight excluding hydrogens is 302 g/mol. The average molecular weight is 326 g/mol. The van der Waals surface area contributed by atoms with E-state index in [1.807, 2.05) is 0 Å². The Hall–Kier alpha value is -0.380. The van der Waals surface area contributed by atoms with Crippen LogP contribution >= 0.6 is 15.9 Å². The highest BCUT2D eigenvalue weighted by atomic mass is 79.9. The minimum absolute atomic E-state index is 0.524. The van der Waals surface area contributed by atoms with Gasteiger partial charge in [0.25, 0.3) is 0 Å². The molecule has 0 saturated heterocycles. The fourth-order valence-electron chi connectivity index (χ4n) is 2.87. The number of benzene rings is 1. The summed E-state index contributed by atoms with van der Waals surface area (Å²) in [6.07, 6.45) is 5.34. The van der Waals surface area contributed by atoms with Crippen molar-refractivity contribution in [3.8, 4) is 0 Å². The van der Waals surface area contributed by atoms with E-state index in [1.54, 1.807) is 0 Å². The van der Waals surface area contributed by atoms with Crippen LogP contribution in [0.25, 0.3) is 0 Å². The molecule has 0 aliphatic heterocycles.